The third-order valence-corrected chi connectivity index (χ3v) is 2.07. The van der Waals surface area contributed by atoms with Crippen molar-refractivity contribution in [3.63, 3.8) is 0 Å². The van der Waals surface area contributed by atoms with E-state index in [4.69, 9.17) is 5.26 Å². The summed E-state index contributed by atoms with van der Waals surface area (Å²) < 4.78 is 23.7. The lowest BCUT2D eigenvalue weighted by Gasteiger charge is -2.20. The van der Waals surface area contributed by atoms with Crippen molar-refractivity contribution >= 4 is 0 Å². The van der Waals surface area contributed by atoms with Crippen LogP contribution in [0.2, 0.25) is 0 Å². The summed E-state index contributed by atoms with van der Waals surface area (Å²) >= 11 is 0. The van der Waals surface area contributed by atoms with Gasteiger partial charge in [0.15, 0.2) is 0 Å². The van der Waals surface area contributed by atoms with Gasteiger partial charge in [0.25, 0.3) is 6.43 Å². The lowest BCUT2D eigenvalue weighted by atomic mass is 10.3. The van der Waals surface area contributed by atoms with Crippen LogP contribution in [-0.4, -0.2) is 30.5 Å². The summed E-state index contributed by atoms with van der Waals surface area (Å²) in [4.78, 5) is 1.44. The minimum atomic E-state index is -2.34. The molecule has 1 fully saturated rings. The van der Waals surface area contributed by atoms with Gasteiger partial charge in [-0.1, -0.05) is 0 Å². The zero-order valence-electron chi connectivity index (χ0n) is 6.35. The highest BCUT2D eigenvalue weighted by Gasteiger charge is 2.47. The molecule has 0 aromatic carbocycles. The smallest absolute Gasteiger partial charge is 0.251 e. The van der Waals surface area contributed by atoms with Gasteiger partial charge in [-0.25, -0.2) is 8.78 Å². The molecule has 4 heteroatoms. The average Bonchev–Trinajstić information content (AvgIpc) is 2.65. The molecule has 1 saturated carbocycles. The molecule has 0 aromatic heterocycles. The van der Waals surface area contributed by atoms with Crippen LogP contribution in [0, 0.1) is 11.3 Å². The normalized spacial score (nSPS) is 20.4. The Morgan fingerprint density at radius 2 is 2.18 bits per heavy atom. The van der Waals surface area contributed by atoms with Gasteiger partial charge in [-0.15, -0.1) is 0 Å². The number of nitriles is 1. The van der Waals surface area contributed by atoms with Crippen molar-refractivity contribution in [1.82, 2.24) is 4.90 Å². The van der Waals surface area contributed by atoms with Crippen LogP contribution in [0.15, 0.2) is 0 Å². The maximum atomic E-state index is 11.8. The second-order valence-electron chi connectivity index (χ2n) is 2.91. The summed E-state index contributed by atoms with van der Waals surface area (Å²) in [7, 11) is 1.57. The topological polar surface area (TPSA) is 27.0 Å². The first-order valence-electron chi connectivity index (χ1n) is 3.51. The first-order chi connectivity index (χ1) is 5.10. The monoisotopic (exact) mass is 160 g/mol. The van der Waals surface area contributed by atoms with Gasteiger partial charge in [0.1, 0.15) is 5.54 Å². The van der Waals surface area contributed by atoms with Crippen molar-refractivity contribution in [2.45, 2.75) is 24.8 Å². The number of rotatable bonds is 3. The van der Waals surface area contributed by atoms with Crippen LogP contribution >= 0.6 is 0 Å². The van der Waals surface area contributed by atoms with Crippen LogP contribution in [0.4, 0.5) is 8.78 Å². The minimum Gasteiger partial charge on any atom is -0.283 e. The molecule has 11 heavy (non-hydrogen) atoms. The molecular formula is C7H10F2N2. The number of hydrogen-bond donors (Lipinski definition) is 0. The van der Waals surface area contributed by atoms with Crippen molar-refractivity contribution in [3.05, 3.63) is 0 Å². The van der Waals surface area contributed by atoms with Gasteiger partial charge >= 0.3 is 0 Å². The van der Waals surface area contributed by atoms with Gasteiger partial charge in [-0.2, -0.15) is 5.26 Å². The van der Waals surface area contributed by atoms with E-state index in [1.165, 1.54) is 4.90 Å². The van der Waals surface area contributed by atoms with E-state index in [0.717, 1.165) is 12.8 Å². The summed E-state index contributed by atoms with van der Waals surface area (Å²) in [5.41, 5.74) is -0.559. The molecule has 0 amide bonds. The molecule has 0 radical (unpaired) electrons. The van der Waals surface area contributed by atoms with E-state index in [2.05, 4.69) is 6.07 Å². The first kappa shape index (κ1) is 8.41. The lowest BCUT2D eigenvalue weighted by molar-refractivity contribution is 0.0860. The highest BCUT2D eigenvalue weighted by molar-refractivity contribution is 5.18. The second-order valence-corrected chi connectivity index (χ2v) is 2.91. The lowest BCUT2D eigenvalue weighted by Crippen LogP contribution is -2.36. The fourth-order valence-electron chi connectivity index (χ4n) is 1.08. The number of alkyl halides is 2. The Balaban J connectivity index is 2.43. The Kier molecular flexibility index (Phi) is 2.10. The quantitative estimate of drug-likeness (QED) is 0.621. The van der Waals surface area contributed by atoms with Gasteiger partial charge in [0.05, 0.1) is 12.6 Å². The standard InChI is InChI=1S/C7H10F2N2/c1-11(4-6(8)9)7(5-10)2-3-7/h6H,2-4H2,1H3. The summed E-state index contributed by atoms with van der Waals surface area (Å²) in [6.07, 6.45) is -0.884. The summed E-state index contributed by atoms with van der Waals surface area (Å²) in [5, 5.41) is 8.60. The van der Waals surface area contributed by atoms with Crippen molar-refractivity contribution in [1.29, 1.82) is 5.26 Å². The van der Waals surface area contributed by atoms with E-state index in [1.807, 2.05) is 0 Å². The van der Waals surface area contributed by atoms with Gasteiger partial charge < -0.3 is 0 Å². The zero-order valence-corrected chi connectivity index (χ0v) is 6.35. The third kappa shape index (κ3) is 1.66. The zero-order chi connectivity index (χ0) is 8.48. The molecule has 0 aliphatic heterocycles. The Morgan fingerprint density at radius 3 is 2.45 bits per heavy atom. The van der Waals surface area contributed by atoms with E-state index in [-0.39, 0.29) is 6.54 Å². The van der Waals surface area contributed by atoms with Gasteiger partial charge in [-0.3, -0.25) is 4.90 Å². The van der Waals surface area contributed by atoms with Crippen LogP contribution in [0.3, 0.4) is 0 Å². The SMILES string of the molecule is CN(CC(F)F)C1(C#N)CC1. The minimum absolute atomic E-state index is 0.298. The Hall–Kier alpha value is -0.690. The van der Waals surface area contributed by atoms with Crippen LogP contribution in [0.5, 0.6) is 0 Å². The van der Waals surface area contributed by atoms with Crippen molar-refractivity contribution in [2.24, 2.45) is 0 Å². The molecule has 0 spiro atoms. The Labute approximate surface area is 64.4 Å². The number of nitrogens with zero attached hydrogens (tertiary/aromatic N) is 2. The third-order valence-electron chi connectivity index (χ3n) is 2.07. The maximum absolute atomic E-state index is 11.8. The number of hydrogen-bond acceptors (Lipinski definition) is 2. The molecule has 2 nitrogen and oxygen atoms in total. The second kappa shape index (κ2) is 2.74. The fraction of sp³-hybridized carbons (Fsp3) is 0.857. The molecule has 0 saturated heterocycles. The van der Waals surface area contributed by atoms with E-state index in [0.29, 0.717) is 0 Å². The first-order valence-corrected chi connectivity index (χ1v) is 3.51. The van der Waals surface area contributed by atoms with E-state index < -0.39 is 12.0 Å². The molecule has 0 N–H and O–H groups in total. The van der Waals surface area contributed by atoms with E-state index >= 15 is 0 Å². The molecule has 1 aliphatic carbocycles. The molecule has 0 heterocycles. The average molecular weight is 160 g/mol. The van der Waals surface area contributed by atoms with Crippen LogP contribution in [0.25, 0.3) is 0 Å². The predicted octanol–water partition coefficient (Wildman–Crippen LogP) is 1.24. The predicted molar refractivity (Wildman–Crippen MR) is 36.2 cm³/mol. The van der Waals surface area contributed by atoms with Crippen LogP contribution < -0.4 is 0 Å². The molecule has 0 bridgehead atoms. The molecule has 0 unspecified atom stereocenters. The highest BCUT2D eigenvalue weighted by atomic mass is 19.3. The molecule has 1 rings (SSSR count). The van der Waals surface area contributed by atoms with Crippen molar-refractivity contribution < 1.29 is 8.78 Å². The fourth-order valence-corrected chi connectivity index (χ4v) is 1.08. The maximum Gasteiger partial charge on any atom is 0.251 e. The molecule has 0 aromatic rings. The highest BCUT2D eigenvalue weighted by Crippen LogP contribution is 2.40. The number of halogens is 2. The van der Waals surface area contributed by atoms with Crippen LogP contribution in [0.1, 0.15) is 12.8 Å². The van der Waals surface area contributed by atoms with Gasteiger partial charge in [0.2, 0.25) is 0 Å². The van der Waals surface area contributed by atoms with Crippen molar-refractivity contribution in [2.75, 3.05) is 13.6 Å². The van der Waals surface area contributed by atoms with Crippen LogP contribution in [-0.2, 0) is 0 Å². The largest absolute Gasteiger partial charge is 0.283 e. The molecule has 0 atom stereocenters. The summed E-state index contributed by atoms with van der Waals surface area (Å²) in [5.74, 6) is 0. The molecule has 62 valence electrons. The Morgan fingerprint density at radius 1 is 1.64 bits per heavy atom. The summed E-state index contributed by atoms with van der Waals surface area (Å²) in [6.45, 7) is -0.298. The van der Waals surface area contributed by atoms with Gasteiger partial charge in [0, 0.05) is 0 Å². The van der Waals surface area contributed by atoms with E-state index in [1.54, 1.807) is 7.05 Å². The molecule has 1 aliphatic rings. The van der Waals surface area contributed by atoms with Gasteiger partial charge in [-0.05, 0) is 19.9 Å². The van der Waals surface area contributed by atoms with Crippen molar-refractivity contribution in [3.8, 4) is 6.07 Å². The summed E-state index contributed by atoms with van der Waals surface area (Å²) in [6, 6.07) is 2.05. The van der Waals surface area contributed by atoms with E-state index in [9.17, 15) is 8.78 Å². The molecular weight excluding hydrogens is 150 g/mol. The Bertz CT molecular complexity index is 181.